The topological polar surface area (TPSA) is 143 Å². The van der Waals surface area contributed by atoms with Crippen molar-refractivity contribution in [3.8, 4) is 5.75 Å². The number of aliphatic hydroxyl groups is 4. The molecule has 0 radical (unpaired) electrons. The van der Waals surface area contributed by atoms with Crippen molar-refractivity contribution in [2.75, 3.05) is 6.61 Å². The van der Waals surface area contributed by atoms with E-state index in [1.807, 2.05) is 0 Å². The number of rotatable bonds is 4. The molecule has 4 N–H and O–H groups in total. The molecule has 0 spiro atoms. The van der Waals surface area contributed by atoms with Crippen LogP contribution in [-0.4, -0.2) is 62.7 Å². The molecule has 116 valence electrons. The average Bonchev–Trinajstić information content (AvgIpc) is 2.48. The van der Waals surface area contributed by atoms with E-state index in [1.165, 1.54) is 24.3 Å². The molecule has 0 aromatic heterocycles. The van der Waals surface area contributed by atoms with Gasteiger partial charge in [0.05, 0.1) is 11.5 Å². The highest BCUT2D eigenvalue weighted by Crippen LogP contribution is 2.25. The number of non-ortho nitro benzene ring substituents is 1. The lowest BCUT2D eigenvalue weighted by Crippen LogP contribution is -2.60. The standard InChI is InChI=1S/C12H15NO8/c14-5-8-9(15)10(16)11(17)12(21-8)20-7-3-1-6(2-4-7)13(18)19/h1-4,8-12,14-17H,5H2/t8-,9-,10+,11-,12-/m0/s1. The SMILES string of the molecule is O=[N+]([O-])c1ccc(O[C@H]2O[C@@H](CO)[C@H](O)[C@@H](O)[C@@H]2O)cc1. The summed E-state index contributed by atoms with van der Waals surface area (Å²) in [6.45, 7) is -0.564. The van der Waals surface area contributed by atoms with Crippen LogP contribution in [0.4, 0.5) is 5.69 Å². The lowest BCUT2D eigenvalue weighted by molar-refractivity contribution is -0.384. The number of hydrogen-bond acceptors (Lipinski definition) is 8. The van der Waals surface area contributed by atoms with E-state index in [9.17, 15) is 25.4 Å². The summed E-state index contributed by atoms with van der Waals surface area (Å²) in [4.78, 5) is 9.95. The van der Waals surface area contributed by atoms with Crippen LogP contribution >= 0.6 is 0 Å². The highest BCUT2D eigenvalue weighted by atomic mass is 16.7. The molecule has 1 aliphatic heterocycles. The van der Waals surface area contributed by atoms with Gasteiger partial charge in [0.2, 0.25) is 6.29 Å². The van der Waals surface area contributed by atoms with Gasteiger partial charge in [0.25, 0.3) is 5.69 Å². The summed E-state index contributed by atoms with van der Waals surface area (Å²) in [5.74, 6) is 0.171. The fourth-order valence-electron chi connectivity index (χ4n) is 1.95. The number of nitrogens with zero attached hydrogens (tertiary/aromatic N) is 1. The molecule has 1 fully saturated rings. The first kappa shape index (κ1) is 15.6. The van der Waals surface area contributed by atoms with Crippen LogP contribution in [0.15, 0.2) is 24.3 Å². The van der Waals surface area contributed by atoms with E-state index in [1.54, 1.807) is 0 Å². The maximum Gasteiger partial charge on any atom is 0.269 e. The second kappa shape index (κ2) is 6.33. The Kier molecular flexibility index (Phi) is 4.70. The Hall–Kier alpha value is -1.78. The molecule has 1 aromatic carbocycles. The second-order valence-electron chi connectivity index (χ2n) is 4.57. The summed E-state index contributed by atoms with van der Waals surface area (Å²) in [5, 5.41) is 48.6. The van der Waals surface area contributed by atoms with Crippen molar-refractivity contribution in [1.29, 1.82) is 0 Å². The van der Waals surface area contributed by atoms with Crippen LogP contribution in [-0.2, 0) is 4.74 Å². The van der Waals surface area contributed by atoms with E-state index >= 15 is 0 Å². The molecule has 1 heterocycles. The van der Waals surface area contributed by atoms with Crippen LogP contribution in [0.25, 0.3) is 0 Å². The number of nitro benzene ring substituents is 1. The van der Waals surface area contributed by atoms with Gasteiger partial charge in [-0.1, -0.05) is 0 Å². The van der Waals surface area contributed by atoms with Gasteiger partial charge in [0.1, 0.15) is 30.2 Å². The first-order chi connectivity index (χ1) is 9.93. The molecule has 21 heavy (non-hydrogen) atoms. The molecule has 1 saturated heterocycles. The van der Waals surface area contributed by atoms with E-state index in [2.05, 4.69) is 0 Å². The third kappa shape index (κ3) is 3.28. The van der Waals surface area contributed by atoms with Crippen molar-refractivity contribution in [2.45, 2.75) is 30.7 Å². The van der Waals surface area contributed by atoms with Crippen LogP contribution in [0.1, 0.15) is 0 Å². The van der Waals surface area contributed by atoms with Gasteiger partial charge in [-0.05, 0) is 12.1 Å². The Labute approximate surface area is 119 Å². The van der Waals surface area contributed by atoms with E-state index in [0.29, 0.717) is 0 Å². The molecule has 0 bridgehead atoms. The normalized spacial score (nSPS) is 32.7. The predicted molar refractivity (Wildman–Crippen MR) is 67.5 cm³/mol. The number of nitro groups is 1. The average molecular weight is 301 g/mol. The van der Waals surface area contributed by atoms with Crippen LogP contribution in [0.5, 0.6) is 5.75 Å². The summed E-state index contributed by atoms with van der Waals surface area (Å²) < 4.78 is 10.4. The Morgan fingerprint density at radius 2 is 1.76 bits per heavy atom. The van der Waals surface area contributed by atoms with Gasteiger partial charge < -0.3 is 29.9 Å². The smallest absolute Gasteiger partial charge is 0.269 e. The zero-order valence-corrected chi connectivity index (χ0v) is 10.8. The molecular weight excluding hydrogens is 286 g/mol. The quantitative estimate of drug-likeness (QED) is 0.400. The minimum atomic E-state index is -1.54. The molecular formula is C12H15NO8. The maximum absolute atomic E-state index is 10.5. The Balaban J connectivity index is 2.08. The summed E-state index contributed by atoms with van der Waals surface area (Å²) in [6.07, 6.45) is -6.94. The summed E-state index contributed by atoms with van der Waals surface area (Å²) in [5.41, 5.74) is -0.129. The van der Waals surface area contributed by atoms with Crippen LogP contribution in [0.3, 0.4) is 0 Å². The van der Waals surface area contributed by atoms with E-state index in [4.69, 9.17) is 14.6 Å². The fourth-order valence-corrected chi connectivity index (χ4v) is 1.95. The van der Waals surface area contributed by atoms with Gasteiger partial charge >= 0.3 is 0 Å². The molecule has 0 saturated carbocycles. The van der Waals surface area contributed by atoms with Gasteiger partial charge in [0.15, 0.2) is 0 Å². The minimum absolute atomic E-state index is 0.129. The van der Waals surface area contributed by atoms with Crippen molar-refractivity contribution in [3.05, 3.63) is 34.4 Å². The Morgan fingerprint density at radius 3 is 2.29 bits per heavy atom. The first-order valence-corrected chi connectivity index (χ1v) is 6.15. The molecule has 9 nitrogen and oxygen atoms in total. The number of hydrogen-bond donors (Lipinski definition) is 4. The van der Waals surface area contributed by atoms with Crippen molar-refractivity contribution in [1.82, 2.24) is 0 Å². The van der Waals surface area contributed by atoms with E-state index in [0.717, 1.165) is 0 Å². The molecule has 0 unspecified atom stereocenters. The largest absolute Gasteiger partial charge is 0.462 e. The second-order valence-corrected chi connectivity index (χ2v) is 4.57. The molecule has 5 atom stereocenters. The summed E-state index contributed by atoms with van der Waals surface area (Å²) in [6, 6.07) is 5.03. The van der Waals surface area contributed by atoms with Crippen molar-refractivity contribution in [2.24, 2.45) is 0 Å². The van der Waals surface area contributed by atoms with Gasteiger partial charge in [-0.25, -0.2) is 0 Å². The lowest BCUT2D eigenvalue weighted by Gasteiger charge is -2.39. The Bertz CT molecular complexity index is 491. The molecule has 0 aliphatic carbocycles. The molecule has 1 aromatic rings. The number of ether oxygens (including phenoxy) is 2. The first-order valence-electron chi connectivity index (χ1n) is 6.15. The number of benzene rings is 1. The van der Waals surface area contributed by atoms with Crippen molar-refractivity contribution in [3.63, 3.8) is 0 Å². The van der Waals surface area contributed by atoms with E-state index in [-0.39, 0.29) is 11.4 Å². The highest BCUT2D eigenvalue weighted by molar-refractivity contribution is 5.36. The molecule has 1 aliphatic rings. The lowest BCUT2D eigenvalue weighted by atomic mass is 9.99. The van der Waals surface area contributed by atoms with Crippen molar-refractivity contribution >= 4 is 5.69 Å². The van der Waals surface area contributed by atoms with Crippen LogP contribution < -0.4 is 4.74 Å². The summed E-state index contributed by atoms with van der Waals surface area (Å²) in [7, 11) is 0. The summed E-state index contributed by atoms with van der Waals surface area (Å²) >= 11 is 0. The van der Waals surface area contributed by atoms with Gasteiger partial charge in [0, 0.05) is 12.1 Å². The zero-order chi connectivity index (χ0) is 15.6. The molecule has 0 amide bonds. The van der Waals surface area contributed by atoms with Gasteiger partial charge in [-0.15, -0.1) is 0 Å². The van der Waals surface area contributed by atoms with E-state index < -0.39 is 42.2 Å². The maximum atomic E-state index is 10.5. The monoisotopic (exact) mass is 301 g/mol. The number of aliphatic hydroxyl groups excluding tert-OH is 4. The van der Waals surface area contributed by atoms with Gasteiger partial charge in [-0.2, -0.15) is 0 Å². The minimum Gasteiger partial charge on any atom is -0.462 e. The molecule has 2 rings (SSSR count). The van der Waals surface area contributed by atoms with Crippen LogP contribution in [0.2, 0.25) is 0 Å². The zero-order valence-electron chi connectivity index (χ0n) is 10.8. The highest BCUT2D eigenvalue weighted by Gasteiger charge is 2.44. The third-order valence-electron chi connectivity index (χ3n) is 3.15. The van der Waals surface area contributed by atoms with Crippen molar-refractivity contribution < 1.29 is 34.8 Å². The van der Waals surface area contributed by atoms with Gasteiger partial charge in [-0.3, -0.25) is 10.1 Å². The molecule has 9 heteroatoms. The third-order valence-corrected chi connectivity index (χ3v) is 3.15. The predicted octanol–water partition coefficient (Wildman–Crippen LogP) is -1.23. The fraction of sp³-hybridized carbons (Fsp3) is 0.500. The Morgan fingerprint density at radius 1 is 1.14 bits per heavy atom. The van der Waals surface area contributed by atoms with Crippen LogP contribution in [0, 0.1) is 10.1 Å².